The maximum Gasteiger partial charge on any atom is 0.269 e. The van der Waals surface area contributed by atoms with Crippen molar-refractivity contribution in [3.63, 3.8) is 0 Å². The number of pyridine rings is 1. The molecule has 0 N–H and O–H groups in total. The van der Waals surface area contributed by atoms with E-state index < -0.39 is 14.9 Å². The number of hydrogen-bond donors (Lipinski definition) is 0. The van der Waals surface area contributed by atoms with Crippen LogP contribution in [-0.4, -0.2) is 34.9 Å². The molecule has 1 aliphatic heterocycles. The van der Waals surface area contributed by atoms with Gasteiger partial charge in [0.1, 0.15) is 0 Å². The van der Waals surface area contributed by atoms with Crippen LogP contribution in [0.3, 0.4) is 0 Å². The van der Waals surface area contributed by atoms with Crippen molar-refractivity contribution >= 4 is 27.5 Å². The largest absolute Gasteiger partial charge is 0.269 e. The van der Waals surface area contributed by atoms with Crippen molar-refractivity contribution in [2.75, 3.05) is 12.3 Å². The van der Waals surface area contributed by atoms with Gasteiger partial charge in [-0.25, -0.2) is 8.42 Å². The van der Waals surface area contributed by atoms with E-state index in [0.717, 1.165) is 5.56 Å². The molecule has 0 saturated carbocycles. The fraction of sp³-hybridized carbons (Fsp3) is 0.214. The van der Waals surface area contributed by atoms with E-state index in [1.54, 1.807) is 18.5 Å². The van der Waals surface area contributed by atoms with Crippen LogP contribution in [0.5, 0.6) is 0 Å². The van der Waals surface area contributed by atoms with Crippen LogP contribution < -0.4 is 0 Å². The van der Waals surface area contributed by atoms with Crippen LogP contribution in [0.15, 0.2) is 53.7 Å². The first-order valence-electron chi connectivity index (χ1n) is 6.78. The highest BCUT2D eigenvalue weighted by Gasteiger charge is 2.37. The van der Waals surface area contributed by atoms with E-state index in [1.807, 2.05) is 6.07 Å². The molecule has 7 nitrogen and oxygen atoms in total. The molecule has 9 heteroatoms. The summed E-state index contributed by atoms with van der Waals surface area (Å²) in [5.74, 6) is 0.686. The van der Waals surface area contributed by atoms with Crippen molar-refractivity contribution in [3.05, 3.63) is 64.5 Å². The van der Waals surface area contributed by atoms with Crippen LogP contribution in [0.2, 0.25) is 0 Å². The van der Waals surface area contributed by atoms with E-state index in [-0.39, 0.29) is 16.0 Å². The molecule has 120 valence electrons. The lowest BCUT2D eigenvalue weighted by atomic mass is 10.3. The minimum absolute atomic E-state index is 0.0551. The monoisotopic (exact) mass is 351 g/mol. The van der Waals surface area contributed by atoms with Gasteiger partial charge in [-0.1, -0.05) is 6.07 Å². The Hall–Kier alpha value is -1.97. The number of benzene rings is 1. The third kappa shape index (κ3) is 3.07. The molecule has 1 atom stereocenters. The van der Waals surface area contributed by atoms with Gasteiger partial charge in [0.25, 0.3) is 5.69 Å². The molecule has 0 radical (unpaired) electrons. The van der Waals surface area contributed by atoms with Gasteiger partial charge in [0.2, 0.25) is 10.0 Å². The van der Waals surface area contributed by atoms with Crippen LogP contribution in [0.4, 0.5) is 5.69 Å². The summed E-state index contributed by atoms with van der Waals surface area (Å²) in [5.41, 5.74) is 0.684. The third-order valence-corrected chi connectivity index (χ3v) is 6.75. The summed E-state index contributed by atoms with van der Waals surface area (Å²) in [6, 6.07) is 8.57. The van der Waals surface area contributed by atoms with Gasteiger partial charge in [-0.3, -0.25) is 15.1 Å². The van der Waals surface area contributed by atoms with Gasteiger partial charge in [0.05, 0.1) is 15.2 Å². The van der Waals surface area contributed by atoms with Crippen molar-refractivity contribution in [2.24, 2.45) is 0 Å². The zero-order valence-electron chi connectivity index (χ0n) is 11.9. The van der Waals surface area contributed by atoms with Crippen LogP contribution in [0.1, 0.15) is 10.9 Å². The Balaban J connectivity index is 1.93. The molecule has 0 aliphatic carbocycles. The molecule has 0 bridgehead atoms. The number of rotatable bonds is 4. The van der Waals surface area contributed by atoms with Gasteiger partial charge in [-0.15, -0.1) is 11.8 Å². The lowest BCUT2D eigenvalue weighted by Crippen LogP contribution is -2.30. The van der Waals surface area contributed by atoms with Crippen LogP contribution in [0.25, 0.3) is 0 Å². The zero-order chi connectivity index (χ0) is 16.4. The molecule has 1 aromatic heterocycles. The average molecular weight is 351 g/mol. The maximum absolute atomic E-state index is 12.8. The molecule has 1 aromatic carbocycles. The Kier molecular flexibility index (Phi) is 4.33. The van der Waals surface area contributed by atoms with E-state index in [0.29, 0.717) is 12.3 Å². The lowest BCUT2D eigenvalue weighted by molar-refractivity contribution is -0.384. The number of sulfonamides is 1. The Bertz CT molecular complexity index is 810. The first-order valence-corrected chi connectivity index (χ1v) is 9.27. The second kappa shape index (κ2) is 6.26. The fourth-order valence-electron chi connectivity index (χ4n) is 2.36. The van der Waals surface area contributed by atoms with Crippen molar-refractivity contribution in [2.45, 2.75) is 10.3 Å². The second-order valence-electron chi connectivity index (χ2n) is 4.88. The number of non-ortho nitro benzene ring substituents is 1. The first-order chi connectivity index (χ1) is 11.0. The normalized spacial score (nSPS) is 18.9. The van der Waals surface area contributed by atoms with E-state index in [4.69, 9.17) is 0 Å². The molecule has 2 heterocycles. The van der Waals surface area contributed by atoms with Crippen molar-refractivity contribution in [1.29, 1.82) is 0 Å². The van der Waals surface area contributed by atoms with Gasteiger partial charge in [0, 0.05) is 36.8 Å². The highest BCUT2D eigenvalue weighted by Crippen LogP contribution is 2.41. The molecule has 0 spiro atoms. The summed E-state index contributed by atoms with van der Waals surface area (Å²) in [6.07, 6.45) is 3.29. The number of thioether (sulfide) groups is 1. The van der Waals surface area contributed by atoms with Crippen molar-refractivity contribution in [1.82, 2.24) is 9.29 Å². The SMILES string of the molecule is O=[N+]([O-])c1ccc(S(=O)(=O)N2CCSC2c2cccnc2)cc1. The highest BCUT2D eigenvalue weighted by molar-refractivity contribution is 8.01. The Morgan fingerprint density at radius 1 is 1.26 bits per heavy atom. The van der Waals surface area contributed by atoms with E-state index >= 15 is 0 Å². The number of nitro groups is 1. The molecule has 3 rings (SSSR count). The van der Waals surface area contributed by atoms with E-state index in [1.165, 1.54) is 40.3 Å². The minimum Gasteiger partial charge on any atom is -0.264 e. The van der Waals surface area contributed by atoms with Crippen LogP contribution in [-0.2, 0) is 10.0 Å². The summed E-state index contributed by atoms with van der Waals surface area (Å²) >= 11 is 1.53. The Labute approximate surface area is 137 Å². The van der Waals surface area contributed by atoms with Crippen molar-refractivity contribution < 1.29 is 13.3 Å². The quantitative estimate of drug-likeness (QED) is 0.620. The molecular weight excluding hydrogens is 338 g/mol. The van der Waals surface area contributed by atoms with Crippen LogP contribution in [0, 0.1) is 10.1 Å². The smallest absolute Gasteiger partial charge is 0.264 e. The molecule has 1 aliphatic rings. The third-order valence-electron chi connectivity index (χ3n) is 3.47. The summed E-state index contributed by atoms with van der Waals surface area (Å²) in [4.78, 5) is 14.2. The van der Waals surface area contributed by atoms with Crippen molar-refractivity contribution in [3.8, 4) is 0 Å². The van der Waals surface area contributed by atoms with Gasteiger partial charge in [-0.05, 0) is 23.8 Å². The molecular formula is C14H13N3O4S2. The summed E-state index contributed by atoms with van der Waals surface area (Å²) in [6.45, 7) is 0.392. The Morgan fingerprint density at radius 2 is 2.00 bits per heavy atom. The number of nitrogens with zero attached hydrogens (tertiary/aromatic N) is 3. The predicted molar refractivity (Wildman–Crippen MR) is 86.4 cm³/mol. The summed E-state index contributed by atoms with van der Waals surface area (Å²) in [7, 11) is -3.72. The van der Waals surface area contributed by atoms with Gasteiger partial charge >= 0.3 is 0 Å². The van der Waals surface area contributed by atoms with Gasteiger partial charge in [0.15, 0.2) is 0 Å². The topological polar surface area (TPSA) is 93.4 Å². The Morgan fingerprint density at radius 3 is 2.61 bits per heavy atom. The van der Waals surface area contributed by atoms with E-state index in [9.17, 15) is 18.5 Å². The number of hydrogen-bond acceptors (Lipinski definition) is 6. The maximum atomic E-state index is 12.8. The fourth-order valence-corrected chi connectivity index (χ4v) is 5.58. The standard InChI is InChI=1S/C14H13N3O4S2/c18-17(19)12-3-5-13(6-4-12)23(20,21)16-8-9-22-14(16)11-2-1-7-15-10-11/h1-7,10,14H,8-9H2. The zero-order valence-corrected chi connectivity index (χ0v) is 13.5. The molecule has 0 amide bonds. The predicted octanol–water partition coefficient (Wildman–Crippen LogP) is 2.43. The molecule has 1 unspecified atom stereocenters. The molecule has 2 aromatic rings. The van der Waals surface area contributed by atoms with Gasteiger partial charge in [-0.2, -0.15) is 4.31 Å². The number of aromatic nitrogens is 1. The summed E-state index contributed by atoms with van der Waals surface area (Å²) < 4.78 is 27.1. The second-order valence-corrected chi connectivity index (χ2v) is 7.95. The minimum atomic E-state index is -3.72. The highest BCUT2D eigenvalue weighted by atomic mass is 32.2. The molecule has 1 fully saturated rings. The van der Waals surface area contributed by atoms with Gasteiger partial charge < -0.3 is 0 Å². The average Bonchev–Trinajstić information content (AvgIpc) is 3.06. The molecule has 23 heavy (non-hydrogen) atoms. The number of nitro benzene ring substituents is 1. The van der Waals surface area contributed by atoms with E-state index in [2.05, 4.69) is 4.98 Å². The molecule has 1 saturated heterocycles. The summed E-state index contributed by atoms with van der Waals surface area (Å²) in [5, 5.41) is 10.4. The van der Waals surface area contributed by atoms with Crippen LogP contribution >= 0.6 is 11.8 Å². The first kappa shape index (κ1) is 15.9. The lowest BCUT2D eigenvalue weighted by Gasteiger charge is -2.23.